The SMILES string of the molecule is CC1CC(C)N(S(=O)(=O)c2c(Cl)nc3ccccn23)C1. The van der Waals surface area contributed by atoms with Gasteiger partial charge in [-0.05, 0) is 31.4 Å². The van der Waals surface area contributed by atoms with Crippen molar-refractivity contribution >= 4 is 27.3 Å². The first-order chi connectivity index (χ1) is 9.41. The molecule has 0 spiro atoms. The van der Waals surface area contributed by atoms with Gasteiger partial charge in [-0.15, -0.1) is 0 Å². The fourth-order valence-corrected chi connectivity index (χ4v) is 5.25. The van der Waals surface area contributed by atoms with E-state index in [4.69, 9.17) is 11.6 Å². The van der Waals surface area contributed by atoms with Gasteiger partial charge in [-0.2, -0.15) is 4.31 Å². The van der Waals surface area contributed by atoms with Crippen LogP contribution >= 0.6 is 11.6 Å². The number of hydrogen-bond donors (Lipinski definition) is 0. The number of sulfonamides is 1. The maximum atomic E-state index is 12.9. The molecule has 0 bridgehead atoms. The molecule has 1 aliphatic rings. The molecule has 2 unspecified atom stereocenters. The van der Waals surface area contributed by atoms with Crippen LogP contribution in [0.1, 0.15) is 20.3 Å². The van der Waals surface area contributed by atoms with Crippen molar-refractivity contribution in [1.29, 1.82) is 0 Å². The number of rotatable bonds is 2. The fraction of sp³-hybridized carbons (Fsp3) is 0.462. The van der Waals surface area contributed by atoms with E-state index in [2.05, 4.69) is 11.9 Å². The largest absolute Gasteiger partial charge is 0.288 e. The quantitative estimate of drug-likeness (QED) is 0.855. The van der Waals surface area contributed by atoms with Gasteiger partial charge in [-0.1, -0.05) is 24.6 Å². The molecule has 0 aliphatic carbocycles. The smallest absolute Gasteiger partial charge is 0.262 e. The molecule has 2 atom stereocenters. The molecule has 20 heavy (non-hydrogen) atoms. The predicted octanol–water partition coefficient (Wildman–Crippen LogP) is 2.41. The van der Waals surface area contributed by atoms with Crippen molar-refractivity contribution in [2.45, 2.75) is 31.3 Å². The molecule has 108 valence electrons. The number of imidazole rings is 1. The van der Waals surface area contributed by atoms with Gasteiger partial charge in [0, 0.05) is 18.8 Å². The van der Waals surface area contributed by atoms with Gasteiger partial charge in [0.15, 0.2) is 10.2 Å². The third-order valence-corrected chi connectivity index (χ3v) is 6.11. The van der Waals surface area contributed by atoms with E-state index in [-0.39, 0.29) is 16.2 Å². The van der Waals surface area contributed by atoms with Crippen molar-refractivity contribution in [2.24, 2.45) is 5.92 Å². The van der Waals surface area contributed by atoms with Gasteiger partial charge in [0.25, 0.3) is 10.0 Å². The molecule has 3 heterocycles. The third kappa shape index (κ3) is 2.03. The second-order valence-electron chi connectivity index (χ2n) is 5.40. The molecule has 1 aliphatic heterocycles. The highest BCUT2D eigenvalue weighted by molar-refractivity contribution is 7.89. The lowest BCUT2D eigenvalue weighted by Crippen LogP contribution is -2.34. The second kappa shape index (κ2) is 4.72. The van der Waals surface area contributed by atoms with Crippen LogP contribution < -0.4 is 0 Å². The van der Waals surface area contributed by atoms with Crippen molar-refractivity contribution in [2.75, 3.05) is 6.54 Å². The van der Waals surface area contributed by atoms with E-state index in [0.29, 0.717) is 18.1 Å². The summed E-state index contributed by atoms with van der Waals surface area (Å²) in [6.07, 6.45) is 2.54. The highest BCUT2D eigenvalue weighted by atomic mass is 35.5. The normalized spacial score (nSPS) is 24.6. The summed E-state index contributed by atoms with van der Waals surface area (Å²) in [7, 11) is -3.63. The van der Waals surface area contributed by atoms with Gasteiger partial charge in [-0.3, -0.25) is 4.40 Å². The molecule has 2 aromatic heterocycles. The van der Waals surface area contributed by atoms with Crippen molar-refractivity contribution in [3.05, 3.63) is 29.5 Å². The summed E-state index contributed by atoms with van der Waals surface area (Å²) in [5.74, 6) is 0.359. The van der Waals surface area contributed by atoms with Crippen LogP contribution in [0.15, 0.2) is 29.4 Å². The second-order valence-corrected chi connectivity index (χ2v) is 7.57. The van der Waals surface area contributed by atoms with E-state index >= 15 is 0 Å². The lowest BCUT2D eigenvalue weighted by Gasteiger charge is -2.20. The topological polar surface area (TPSA) is 54.7 Å². The monoisotopic (exact) mass is 313 g/mol. The summed E-state index contributed by atoms with van der Waals surface area (Å²) in [5, 5.41) is 0.0960. The van der Waals surface area contributed by atoms with Crippen LogP contribution in [0, 0.1) is 5.92 Å². The molecule has 1 saturated heterocycles. The molecule has 5 nitrogen and oxygen atoms in total. The van der Waals surface area contributed by atoms with Gasteiger partial charge in [0.2, 0.25) is 0 Å². The zero-order valence-electron chi connectivity index (χ0n) is 11.3. The third-order valence-electron chi connectivity index (χ3n) is 3.73. The Morgan fingerprint density at radius 3 is 2.75 bits per heavy atom. The molecular weight excluding hydrogens is 298 g/mol. The van der Waals surface area contributed by atoms with Crippen LogP contribution in [0.3, 0.4) is 0 Å². The highest BCUT2D eigenvalue weighted by Gasteiger charge is 2.39. The average molecular weight is 314 g/mol. The van der Waals surface area contributed by atoms with E-state index in [1.807, 2.05) is 6.92 Å². The first-order valence-electron chi connectivity index (χ1n) is 6.55. The zero-order valence-corrected chi connectivity index (χ0v) is 12.9. The van der Waals surface area contributed by atoms with Gasteiger partial charge in [-0.25, -0.2) is 13.4 Å². The summed E-state index contributed by atoms with van der Waals surface area (Å²) < 4.78 is 28.8. The van der Waals surface area contributed by atoms with Crippen LogP contribution in [0.4, 0.5) is 0 Å². The van der Waals surface area contributed by atoms with Crippen molar-refractivity contribution in [3.63, 3.8) is 0 Å². The lowest BCUT2D eigenvalue weighted by molar-refractivity contribution is 0.403. The minimum absolute atomic E-state index is 0.0136. The van der Waals surface area contributed by atoms with Gasteiger partial charge in [0.05, 0.1) is 0 Å². The van der Waals surface area contributed by atoms with Crippen LogP contribution in [0.2, 0.25) is 5.15 Å². The lowest BCUT2D eigenvalue weighted by atomic mass is 10.1. The Morgan fingerprint density at radius 1 is 1.35 bits per heavy atom. The van der Waals surface area contributed by atoms with Crippen molar-refractivity contribution in [3.8, 4) is 0 Å². The Kier molecular flexibility index (Phi) is 3.27. The summed E-state index contributed by atoms with van der Waals surface area (Å²) >= 11 is 6.08. The van der Waals surface area contributed by atoms with Crippen LogP contribution in [-0.2, 0) is 10.0 Å². The number of halogens is 1. The molecular formula is C13H16ClN3O2S. The molecule has 0 aromatic carbocycles. The molecule has 0 amide bonds. The average Bonchev–Trinajstić information content (AvgIpc) is 2.88. The van der Waals surface area contributed by atoms with E-state index < -0.39 is 10.0 Å². The summed E-state index contributed by atoms with van der Waals surface area (Å²) in [5.41, 5.74) is 0.538. The van der Waals surface area contributed by atoms with E-state index in [1.54, 1.807) is 24.4 Å². The number of nitrogens with zero attached hydrogens (tertiary/aromatic N) is 3. The number of pyridine rings is 1. The Bertz CT molecular complexity index is 756. The zero-order chi connectivity index (χ0) is 14.5. The molecule has 0 radical (unpaired) electrons. The standard InChI is InChI=1S/C13H16ClN3O2S/c1-9-7-10(2)17(8-9)20(18,19)13-12(14)15-11-5-3-4-6-16(11)13/h3-6,9-10H,7-8H2,1-2H3. The molecule has 1 fully saturated rings. The Labute approximate surface area is 123 Å². The van der Waals surface area contributed by atoms with Gasteiger partial charge >= 0.3 is 0 Å². The maximum absolute atomic E-state index is 12.9. The van der Waals surface area contributed by atoms with Crippen molar-refractivity contribution in [1.82, 2.24) is 13.7 Å². The van der Waals surface area contributed by atoms with Crippen LogP contribution in [0.5, 0.6) is 0 Å². The van der Waals surface area contributed by atoms with E-state index in [0.717, 1.165) is 6.42 Å². The van der Waals surface area contributed by atoms with Crippen LogP contribution in [0.25, 0.3) is 5.65 Å². The molecule has 7 heteroatoms. The van der Waals surface area contributed by atoms with Gasteiger partial charge < -0.3 is 0 Å². The maximum Gasteiger partial charge on any atom is 0.262 e. The Hall–Kier alpha value is -1.11. The van der Waals surface area contributed by atoms with Crippen LogP contribution in [-0.4, -0.2) is 34.7 Å². The van der Waals surface area contributed by atoms with Crippen molar-refractivity contribution < 1.29 is 8.42 Å². The number of aromatic nitrogens is 2. The minimum atomic E-state index is -3.63. The summed E-state index contributed by atoms with van der Waals surface area (Å²) in [6.45, 7) is 4.51. The molecule has 0 N–H and O–H groups in total. The highest BCUT2D eigenvalue weighted by Crippen LogP contribution is 2.32. The molecule has 0 saturated carbocycles. The summed E-state index contributed by atoms with van der Waals surface area (Å²) in [6, 6.07) is 5.29. The number of fused-ring (bicyclic) bond motifs is 1. The fourth-order valence-electron chi connectivity index (χ4n) is 2.88. The minimum Gasteiger partial charge on any atom is -0.288 e. The molecule has 2 aromatic rings. The Morgan fingerprint density at radius 2 is 2.10 bits per heavy atom. The predicted molar refractivity (Wildman–Crippen MR) is 77.3 cm³/mol. The summed E-state index contributed by atoms with van der Waals surface area (Å²) in [4.78, 5) is 4.12. The first kappa shape index (κ1) is 13.9. The van der Waals surface area contributed by atoms with E-state index in [9.17, 15) is 8.42 Å². The Balaban J connectivity index is 2.17. The molecule has 3 rings (SSSR count). The number of hydrogen-bond acceptors (Lipinski definition) is 3. The first-order valence-corrected chi connectivity index (χ1v) is 8.37. The van der Waals surface area contributed by atoms with E-state index in [1.165, 1.54) is 8.71 Å². The van der Waals surface area contributed by atoms with Gasteiger partial charge in [0.1, 0.15) is 5.65 Å².